The van der Waals surface area contributed by atoms with E-state index in [0.717, 1.165) is 0 Å². The third-order valence-corrected chi connectivity index (χ3v) is 3.80. The van der Waals surface area contributed by atoms with E-state index >= 15 is 0 Å². The molecule has 2 unspecified atom stereocenters. The van der Waals surface area contributed by atoms with Crippen molar-refractivity contribution in [2.75, 3.05) is 14.2 Å². The molecule has 0 amide bonds. The van der Waals surface area contributed by atoms with Gasteiger partial charge in [-0.25, -0.2) is 9.59 Å². The van der Waals surface area contributed by atoms with Gasteiger partial charge in [-0.3, -0.25) is 0 Å². The second-order valence-corrected chi connectivity index (χ2v) is 7.77. The Bertz CT molecular complexity index is 391. The number of ether oxygens (including phenoxy) is 4. The zero-order valence-corrected chi connectivity index (χ0v) is 16.9. The fraction of sp³-hybridized carbons (Fsp3) is 0.889. The molecular formula is C18H34O6. The minimum absolute atomic E-state index is 0.194. The van der Waals surface area contributed by atoms with E-state index < -0.39 is 34.3 Å². The van der Waals surface area contributed by atoms with Gasteiger partial charge in [0.2, 0.25) is 11.2 Å². The second kappa shape index (κ2) is 7.83. The van der Waals surface area contributed by atoms with Crippen molar-refractivity contribution >= 4 is 11.9 Å². The first kappa shape index (κ1) is 22.9. The first-order chi connectivity index (χ1) is 10.7. The molecule has 2 atom stereocenters. The molecule has 0 saturated carbocycles. The lowest BCUT2D eigenvalue weighted by Gasteiger charge is -2.45. The molecule has 0 N–H and O–H groups in total. The summed E-state index contributed by atoms with van der Waals surface area (Å²) >= 11 is 0. The molecule has 0 fully saturated rings. The van der Waals surface area contributed by atoms with E-state index in [1.54, 1.807) is 55.4 Å². The van der Waals surface area contributed by atoms with Crippen molar-refractivity contribution in [1.82, 2.24) is 0 Å². The van der Waals surface area contributed by atoms with Crippen LogP contribution in [-0.2, 0) is 28.5 Å². The quantitative estimate of drug-likeness (QED) is 0.659. The lowest BCUT2D eigenvalue weighted by atomic mass is 9.77. The third kappa shape index (κ3) is 4.70. The highest BCUT2D eigenvalue weighted by molar-refractivity contribution is 5.93. The van der Waals surface area contributed by atoms with Crippen LogP contribution in [0.4, 0.5) is 0 Å². The average Bonchev–Trinajstić information content (AvgIpc) is 2.41. The van der Waals surface area contributed by atoms with E-state index in [2.05, 4.69) is 0 Å². The van der Waals surface area contributed by atoms with Crippen LogP contribution in [0.1, 0.15) is 68.2 Å². The molecule has 6 heteroatoms. The normalized spacial score (nSPS) is 17.6. The molecule has 0 aliphatic rings. The maximum atomic E-state index is 12.9. The Morgan fingerprint density at radius 3 is 1.04 bits per heavy atom. The van der Waals surface area contributed by atoms with Gasteiger partial charge in [-0.1, -0.05) is 13.8 Å². The fourth-order valence-electron chi connectivity index (χ4n) is 2.70. The fourth-order valence-corrected chi connectivity index (χ4v) is 2.70. The highest BCUT2D eigenvalue weighted by atomic mass is 16.6. The monoisotopic (exact) mass is 346 g/mol. The maximum Gasteiger partial charge on any atom is 0.342 e. The van der Waals surface area contributed by atoms with Gasteiger partial charge in [0, 0.05) is 14.2 Å². The molecule has 0 aromatic heterocycles. The van der Waals surface area contributed by atoms with E-state index in [1.165, 1.54) is 14.2 Å². The van der Waals surface area contributed by atoms with Gasteiger partial charge in [-0.05, 0) is 54.4 Å². The molecule has 0 saturated heterocycles. The van der Waals surface area contributed by atoms with Crippen LogP contribution in [0, 0.1) is 0 Å². The lowest BCUT2D eigenvalue weighted by Crippen LogP contribution is -2.67. The molecule has 6 nitrogen and oxygen atoms in total. The summed E-state index contributed by atoms with van der Waals surface area (Å²) in [6.45, 7) is 14.1. The van der Waals surface area contributed by atoms with Gasteiger partial charge < -0.3 is 18.9 Å². The molecule has 0 spiro atoms. The molecule has 0 heterocycles. The van der Waals surface area contributed by atoms with Gasteiger partial charge in [0.05, 0.1) is 0 Å². The SMILES string of the molecule is CCC(OC)(C(=O)OC(C)(C)C)C(CC)(OC)C(=O)OC(C)(C)C. The number of carbonyl (C=O) groups is 2. The van der Waals surface area contributed by atoms with Crippen molar-refractivity contribution in [3.8, 4) is 0 Å². The van der Waals surface area contributed by atoms with Gasteiger partial charge >= 0.3 is 11.9 Å². The summed E-state index contributed by atoms with van der Waals surface area (Å²) in [5.74, 6) is -1.29. The van der Waals surface area contributed by atoms with Crippen molar-refractivity contribution in [3.63, 3.8) is 0 Å². The average molecular weight is 346 g/mol. The highest BCUT2D eigenvalue weighted by Crippen LogP contribution is 2.39. The highest BCUT2D eigenvalue weighted by Gasteiger charge is 2.63. The minimum atomic E-state index is -1.61. The number of hydrogen-bond acceptors (Lipinski definition) is 6. The van der Waals surface area contributed by atoms with Crippen LogP contribution in [0.5, 0.6) is 0 Å². The summed E-state index contributed by atoms with van der Waals surface area (Å²) in [4.78, 5) is 25.9. The Labute approximate surface area is 146 Å². The van der Waals surface area contributed by atoms with Crippen LogP contribution in [0.2, 0.25) is 0 Å². The van der Waals surface area contributed by atoms with Crippen molar-refractivity contribution < 1.29 is 28.5 Å². The van der Waals surface area contributed by atoms with Crippen LogP contribution in [0.25, 0.3) is 0 Å². The molecule has 142 valence electrons. The lowest BCUT2D eigenvalue weighted by molar-refractivity contribution is -0.237. The van der Waals surface area contributed by atoms with Crippen LogP contribution in [-0.4, -0.2) is 48.6 Å². The molecule has 0 bridgehead atoms. The van der Waals surface area contributed by atoms with Crippen molar-refractivity contribution in [3.05, 3.63) is 0 Å². The Balaban J connectivity index is 6.17. The predicted molar refractivity (Wildman–Crippen MR) is 91.8 cm³/mol. The van der Waals surface area contributed by atoms with Crippen molar-refractivity contribution in [2.24, 2.45) is 0 Å². The summed E-state index contributed by atoms with van der Waals surface area (Å²) in [5, 5.41) is 0. The third-order valence-electron chi connectivity index (χ3n) is 3.80. The number of esters is 2. The van der Waals surface area contributed by atoms with E-state index in [1.807, 2.05) is 0 Å². The maximum absolute atomic E-state index is 12.9. The van der Waals surface area contributed by atoms with Crippen LogP contribution in [0.15, 0.2) is 0 Å². The first-order valence-corrected chi connectivity index (χ1v) is 8.32. The zero-order chi connectivity index (χ0) is 19.4. The van der Waals surface area contributed by atoms with E-state index in [9.17, 15) is 9.59 Å². The standard InChI is InChI=1S/C18H34O6/c1-11-17(21-9,13(19)23-15(3,4)5)18(12-2,22-10)14(20)24-16(6,7)8/h11-12H2,1-10H3. The smallest absolute Gasteiger partial charge is 0.342 e. The molecule has 24 heavy (non-hydrogen) atoms. The van der Waals surface area contributed by atoms with Crippen LogP contribution in [0.3, 0.4) is 0 Å². The predicted octanol–water partition coefficient (Wildman–Crippen LogP) is 3.26. The number of methoxy groups -OCH3 is 2. The summed E-state index contributed by atoms with van der Waals surface area (Å²) in [5.41, 5.74) is -4.66. The number of hydrogen-bond donors (Lipinski definition) is 0. The summed E-state index contributed by atoms with van der Waals surface area (Å²) in [6.07, 6.45) is 0.388. The summed E-state index contributed by atoms with van der Waals surface area (Å²) in [6, 6.07) is 0. The molecule has 0 rings (SSSR count). The second-order valence-electron chi connectivity index (χ2n) is 7.77. The van der Waals surface area contributed by atoms with Crippen LogP contribution >= 0.6 is 0 Å². The topological polar surface area (TPSA) is 71.1 Å². The Hall–Kier alpha value is -1.14. The molecule has 0 radical (unpaired) electrons. The molecule has 0 aliphatic carbocycles. The summed E-state index contributed by atoms with van der Waals surface area (Å²) < 4.78 is 22.2. The van der Waals surface area contributed by atoms with Crippen molar-refractivity contribution in [1.29, 1.82) is 0 Å². The molecule has 0 aliphatic heterocycles. The number of carbonyl (C=O) groups excluding carboxylic acids is 2. The Kier molecular flexibility index (Phi) is 7.46. The minimum Gasteiger partial charge on any atom is -0.458 e. The zero-order valence-electron chi connectivity index (χ0n) is 16.9. The largest absolute Gasteiger partial charge is 0.458 e. The van der Waals surface area contributed by atoms with Crippen molar-refractivity contribution in [2.45, 2.75) is 90.6 Å². The van der Waals surface area contributed by atoms with Gasteiger partial charge in [0.1, 0.15) is 11.2 Å². The molecule has 0 aromatic rings. The first-order valence-electron chi connectivity index (χ1n) is 8.32. The number of rotatable bonds is 7. The van der Waals surface area contributed by atoms with E-state index in [0.29, 0.717) is 0 Å². The van der Waals surface area contributed by atoms with Gasteiger partial charge in [0.25, 0.3) is 0 Å². The van der Waals surface area contributed by atoms with E-state index in [-0.39, 0.29) is 12.8 Å². The van der Waals surface area contributed by atoms with Gasteiger partial charge in [-0.2, -0.15) is 0 Å². The Morgan fingerprint density at radius 2 is 0.917 bits per heavy atom. The molecular weight excluding hydrogens is 312 g/mol. The van der Waals surface area contributed by atoms with Crippen LogP contribution < -0.4 is 0 Å². The van der Waals surface area contributed by atoms with E-state index in [4.69, 9.17) is 18.9 Å². The van der Waals surface area contributed by atoms with Gasteiger partial charge in [-0.15, -0.1) is 0 Å². The van der Waals surface area contributed by atoms with Gasteiger partial charge in [0.15, 0.2) is 0 Å². The summed E-state index contributed by atoms with van der Waals surface area (Å²) in [7, 11) is 2.75. The Morgan fingerprint density at radius 1 is 0.667 bits per heavy atom. The molecule has 0 aromatic carbocycles.